The van der Waals surface area contributed by atoms with E-state index in [1.807, 2.05) is 23.9 Å². The predicted octanol–water partition coefficient (Wildman–Crippen LogP) is 2.09. The minimum Gasteiger partial charge on any atom is -0.377 e. The molecule has 1 aromatic rings. The third-order valence-corrected chi connectivity index (χ3v) is 8.35. The summed E-state index contributed by atoms with van der Waals surface area (Å²) in [6, 6.07) is 6.94. The fourth-order valence-electron chi connectivity index (χ4n) is 3.53. The summed E-state index contributed by atoms with van der Waals surface area (Å²) in [4.78, 5) is 4.55. The van der Waals surface area contributed by atoms with E-state index in [0.29, 0.717) is 19.7 Å². The van der Waals surface area contributed by atoms with Gasteiger partial charge >= 0.3 is 0 Å². The average molecular weight is 441 g/mol. The van der Waals surface area contributed by atoms with Crippen molar-refractivity contribution in [1.29, 1.82) is 0 Å². The molecule has 0 aromatic heterocycles. The van der Waals surface area contributed by atoms with Crippen molar-refractivity contribution in [2.24, 2.45) is 4.99 Å². The van der Waals surface area contributed by atoms with E-state index in [1.54, 1.807) is 19.2 Å². The fraction of sp³-hybridized carbons (Fsp3) is 0.650. The Hall–Kier alpha value is -1.29. The van der Waals surface area contributed by atoms with E-state index in [4.69, 9.17) is 4.74 Å². The van der Waals surface area contributed by atoms with E-state index in [9.17, 15) is 8.42 Å². The highest BCUT2D eigenvalue weighted by molar-refractivity contribution is 8.00. The second kappa shape index (κ2) is 10.1. The first kappa shape index (κ1) is 22.4. The Morgan fingerprint density at radius 2 is 2.07 bits per heavy atom. The van der Waals surface area contributed by atoms with E-state index >= 15 is 0 Å². The number of guanidine groups is 1. The van der Waals surface area contributed by atoms with E-state index in [0.717, 1.165) is 30.9 Å². The molecule has 2 aliphatic heterocycles. The van der Waals surface area contributed by atoms with E-state index in [-0.39, 0.29) is 15.7 Å². The standard InChI is InChI=1S/C20H32N4O3S2/c1-20(10-4-12-28-20)15-23-19(21-2)22-13-16-6-8-18(9-7-16)29(25,26)24-14-17-5-3-11-27-17/h6-9,17,24H,3-5,10-15H2,1-2H3,(H2,21,22,23). The van der Waals surface area contributed by atoms with Crippen molar-refractivity contribution < 1.29 is 13.2 Å². The van der Waals surface area contributed by atoms with Crippen molar-refractivity contribution in [3.8, 4) is 0 Å². The predicted molar refractivity (Wildman–Crippen MR) is 119 cm³/mol. The van der Waals surface area contributed by atoms with Gasteiger partial charge in [-0.15, -0.1) is 0 Å². The van der Waals surface area contributed by atoms with Gasteiger partial charge in [0.15, 0.2) is 5.96 Å². The molecule has 0 spiro atoms. The second-order valence-electron chi connectivity index (χ2n) is 7.81. The largest absolute Gasteiger partial charge is 0.377 e. The number of ether oxygens (including phenoxy) is 1. The lowest BCUT2D eigenvalue weighted by Crippen LogP contribution is -2.43. The van der Waals surface area contributed by atoms with E-state index in [2.05, 4.69) is 27.3 Å². The van der Waals surface area contributed by atoms with Gasteiger partial charge in [0.25, 0.3) is 0 Å². The van der Waals surface area contributed by atoms with Crippen molar-refractivity contribution in [3.05, 3.63) is 29.8 Å². The topological polar surface area (TPSA) is 91.8 Å². The normalized spacial score (nSPS) is 25.3. The Bertz CT molecular complexity index is 784. The number of nitrogens with zero attached hydrogens (tertiary/aromatic N) is 1. The Balaban J connectivity index is 1.47. The molecule has 7 nitrogen and oxygen atoms in total. The molecule has 2 saturated heterocycles. The monoisotopic (exact) mass is 440 g/mol. The molecule has 0 aliphatic carbocycles. The summed E-state index contributed by atoms with van der Waals surface area (Å²) in [6.07, 6.45) is 4.37. The van der Waals surface area contributed by atoms with Gasteiger partial charge in [-0.05, 0) is 56.1 Å². The van der Waals surface area contributed by atoms with Crippen LogP contribution in [0, 0.1) is 0 Å². The van der Waals surface area contributed by atoms with E-state index < -0.39 is 10.0 Å². The van der Waals surface area contributed by atoms with Crippen molar-refractivity contribution in [2.75, 3.05) is 32.5 Å². The molecule has 9 heteroatoms. The van der Waals surface area contributed by atoms with Gasteiger partial charge in [0.1, 0.15) is 0 Å². The number of hydrogen-bond acceptors (Lipinski definition) is 5. The minimum absolute atomic E-state index is 0.0163. The summed E-state index contributed by atoms with van der Waals surface area (Å²) in [5, 5.41) is 6.70. The molecular formula is C20H32N4O3S2. The van der Waals surface area contributed by atoms with Gasteiger partial charge in [-0.3, -0.25) is 4.99 Å². The van der Waals surface area contributed by atoms with Crippen LogP contribution < -0.4 is 15.4 Å². The van der Waals surface area contributed by atoms with Gasteiger partial charge < -0.3 is 15.4 Å². The maximum Gasteiger partial charge on any atom is 0.240 e. The zero-order chi connectivity index (χ0) is 20.7. The first-order valence-corrected chi connectivity index (χ1v) is 12.7. The fourth-order valence-corrected chi connectivity index (χ4v) is 5.84. The molecule has 29 heavy (non-hydrogen) atoms. The lowest BCUT2D eigenvalue weighted by Gasteiger charge is -2.24. The molecule has 2 atom stereocenters. The molecule has 0 amide bonds. The van der Waals surface area contributed by atoms with Crippen LogP contribution in [0.25, 0.3) is 0 Å². The van der Waals surface area contributed by atoms with Gasteiger partial charge in [-0.25, -0.2) is 13.1 Å². The van der Waals surface area contributed by atoms with Crippen LogP contribution in [0.1, 0.15) is 38.2 Å². The van der Waals surface area contributed by atoms with Crippen LogP contribution in [0.4, 0.5) is 0 Å². The van der Waals surface area contributed by atoms with Gasteiger partial charge in [0.2, 0.25) is 10.0 Å². The molecule has 2 heterocycles. The van der Waals surface area contributed by atoms with Crippen LogP contribution in [0.5, 0.6) is 0 Å². The highest BCUT2D eigenvalue weighted by atomic mass is 32.2. The Kier molecular flexibility index (Phi) is 7.84. The van der Waals surface area contributed by atoms with Gasteiger partial charge in [-0.1, -0.05) is 12.1 Å². The van der Waals surface area contributed by atoms with Crippen molar-refractivity contribution in [2.45, 2.75) is 54.9 Å². The SMILES string of the molecule is CN=C(NCc1ccc(S(=O)(=O)NCC2CCCO2)cc1)NCC1(C)CCCS1. The molecular weight excluding hydrogens is 408 g/mol. The summed E-state index contributed by atoms with van der Waals surface area (Å²) >= 11 is 2.01. The number of hydrogen-bond donors (Lipinski definition) is 3. The highest BCUT2D eigenvalue weighted by Gasteiger charge is 2.29. The molecule has 3 N–H and O–H groups in total. The molecule has 0 saturated carbocycles. The number of rotatable bonds is 8. The Labute approximate surface area is 178 Å². The molecule has 3 rings (SSSR count). The van der Waals surface area contributed by atoms with Gasteiger partial charge in [0.05, 0.1) is 11.0 Å². The first-order chi connectivity index (χ1) is 13.9. The van der Waals surface area contributed by atoms with Gasteiger partial charge in [-0.2, -0.15) is 11.8 Å². The smallest absolute Gasteiger partial charge is 0.240 e. The molecule has 0 radical (unpaired) electrons. The average Bonchev–Trinajstić information content (AvgIpc) is 3.39. The summed E-state index contributed by atoms with van der Waals surface area (Å²) in [6.45, 7) is 4.78. The number of nitrogens with one attached hydrogen (secondary N) is 3. The highest BCUT2D eigenvalue weighted by Crippen LogP contribution is 2.36. The third kappa shape index (κ3) is 6.60. The zero-order valence-electron chi connectivity index (χ0n) is 17.2. The summed E-state index contributed by atoms with van der Waals surface area (Å²) in [7, 11) is -1.76. The van der Waals surface area contributed by atoms with Crippen molar-refractivity contribution >= 4 is 27.7 Å². The third-order valence-electron chi connectivity index (χ3n) is 5.37. The number of thioether (sulfide) groups is 1. The van der Waals surface area contributed by atoms with Crippen molar-refractivity contribution in [3.63, 3.8) is 0 Å². The van der Waals surface area contributed by atoms with E-state index in [1.165, 1.54) is 18.6 Å². The maximum atomic E-state index is 12.4. The van der Waals surface area contributed by atoms with Crippen LogP contribution >= 0.6 is 11.8 Å². The Morgan fingerprint density at radius 3 is 2.69 bits per heavy atom. The molecule has 2 aliphatic rings. The van der Waals surface area contributed by atoms with Gasteiger partial charge in [0, 0.05) is 38.0 Å². The van der Waals surface area contributed by atoms with Crippen molar-refractivity contribution in [1.82, 2.24) is 15.4 Å². The first-order valence-electron chi connectivity index (χ1n) is 10.2. The quantitative estimate of drug-likeness (QED) is 0.424. The summed E-state index contributed by atoms with van der Waals surface area (Å²) in [5.74, 6) is 1.98. The molecule has 2 fully saturated rings. The van der Waals surface area contributed by atoms with Crippen LogP contribution in [-0.2, 0) is 21.3 Å². The lowest BCUT2D eigenvalue weighted by atomic mass is 10.1. The number of aliphatic imine (C=N–C) groups is 1. The summed E-state index contributed by atoms with van der Waals surface area (Å²) < 4.78 is 33.3. The molecule has 0 bridgehead atoms. The minimum atomic E-state index is -3.51. The second-order valence-corrected chi connectivity index (χ2v) is 11.3. The molecule has 162 valence electrons. The number of sulfonamides is 1. The van der Waals surface area contributed by atoms with Crippen LogP contribution in [-0.4, -0.2) is 57.7 Å². The maximum absolute atomic E-state index is 12.4. The molecule has 2 unspecified atom stereocenters. The van der Waals surface area contributed by atoms with Crippen LogP contribution in [0.3, 0.4) is 0 Å². The lowest BCUT2D eigenvalue weighted by molar-refractivity contribution is 0.114. The Morgan fingerprint density at radius 1 is 1.28 bits per heavy atom. The molecule has 1 aromatic carbocycles. The number of benzene rings is 1. The van der Waals surface area contributed by atoms with Crippen LogP contribution in [0.2, 0.25) is 0 Å². The van der Waals surface area contributed by atoms with Crippen LogP contribution in [0.15, 0.2) is 34.2 Å². The zero-order valence-corrected chi connectivity index (χ0v) is 18.9. The summed E-state index contributed by atoms with van der Waals surface area (Å²) in [5.41, 5.74) is 0.993.